The fraction of sp³-hybridized carbons (Fsp3) is 0.750. The molecule has 0 saturated carbocycles. The summed E-state index contributed by atoms with van der Waals surface area (Å²) in [5, 5.41) is 8.10. The van der Waals surface area contributed by atoms with Gasteiger partial charge in [0.1, 0.15) is 6.04 Å². The summed E-state index contributed by atoms with van der Waals surface area (Å²) in [5.74, 6) is 0.0684. The summed E-state index contributed by atoms with van der Waals surface area (Å²) in [6.07, 6.45) is 2.08. The van der Waals surface area contributed by atoms with Crippen LogP contribution in [0.3, 0.4) is 0 Å². The Morgan fingerprint density at radius 1 is 1.31 bits per heavy atom. The third kappa shape index (κ3) is 1.65. The summed E-state index contributed by atoms with van der Waals surface area (Å²) in [6, 6.07) is -0.680. The number of urea groups is 1. The summed E-state index contributed by atoms with van der Waals surface area (Å²) in [5.41, 5.74) is 0. The molecule has 2 heterocycles. The zero-order chi connectivity index (χ0) is 9.26. The van der Waals surface area contributed by atoms with Crippen LogP contribution in [0.2, 0.25) is 0 Å². The highest BCUT2D eigenvalue weighted by Gasteiger charge is 2.36. The molecule has 2 saturated heterocycles. The van der Waals surface area contributed by atoms with E-state index in [-0.39, 0.29) is 23.9 Å². The van der Waals surface area contributed by atoms with Crippen molar-refractivity contribution in [2.45, 2.75) is 18.9 Å². The molecule has 2 aliphatic rings. The van der Waals surface area contributed by atoms with E-state index in [9.17, 15) is 9.59 Å². The molecule has 0 unspecified atom stereocenters. The second kappa shape index (κ2) is 3.33. The van der Waals surface area contributed by atoms with Crippen LogP contribution in [-0.2, 0) is 4.79 Å². The van der Waals surface area contributed by atoms with Crippen molar-refractivity contribution in [1.82, 2.24) is 16.0 Å². The SMILES string of the molecule is O=C1NC(=O)[C@H]([C@H]2CCCNC2)N1. The van der Waals surface area contributed by atoms with Gasteiger partial charge in [0.15, 0.2) is 0 Å². The average Bonchev–Trinajstić information content (AvgIpc) is 2.47. The van der Waals surface area contributed by atoms with Gasteiger partial charge in [0.2, 0.25) is 0 Å². The molecule has 5 heteroatoms. The number of hydrogen-bond donors (Lipinski definition) is 3. The van der Waals surface area contributed by atoms with Crippen molar-refractivity contribution in [3.8, 4) is 0 Å². The van der Waals surface area contributed by atoms with Gasteiger partial charge in [-0.1, -0.05) is 0 Å². The lowest BCUT2D eigenvalue weighted by Crippen LogP contribution is -2.44. The molecule has 5 nitrogen and oxygen atoms in total. The molecule has 0 aromatic heterocycles. The number of imide groups is 1. The zero-order valence-electron chi connectivity index (χ0n) is 7.30. The molecule has 72 valence electrons. The lowest BCUT2D eigenvalue weighted by molar-refractivity contribution is -0.121. The van der Waals surface area contributed by atoms with Crippen LogP contribution >= 0.6 is 0 Å². The van der Waals surface area contributed by atoms with Crippen LogP contribution < -0.4 is 16.0 Å². The maximum atomic E-state index is 11.3. The Balaban J connectivity index is 1.99. The minimum atomic E-state index is -0.361. The maximum absolute atomic E-state index is 11.3. The van der Waals surface area contributed by atoms with E-state index in [1.165, 1.54) is 0 Å². The smallest absolute Gasteiger partial charge is 0.322 e. The zero-order valence-corrected chi connectivity index (χ0v) is 7.30. The van der Waals surface area contributed by atoms with E-state index in [1.807, 2.05) is 0 Å². The Morgan fingerprint density at radius 3 is 2.69 bits per heavy atom. The molecule has 0 bridgehead atoms. The van der Waals surface area contributed by atoms with Gasteiger partial charge in [-0.2, -0.15) is 0 Å². The Labute approximate surface area is 76.3 Å². The van der Waals surface area contributed by atoms with Crippen LogP contribution in [0.1, 0.15) is 12.8 Å². The van der Waals surface area contributed by atoms with Crippen LogP contribution in [-0.4, -0.2) is 31.1 Å². The van der Waals surface area contributed by atoms with Crippen molar-refractivity contribution in [2.24, 2.45) is 5.92 Å². The van der Waals surface area contributed by atoms with E-state index in [0.717, 1.165) is 25.9 Å². The number of hydrogen-bond acceptors (Lipinski definition) is 3. The molecule has 0 aromatic rings. The summed E-state index contributed by atoms with van der Waals surface area (Å²) in [7, 11) is 0. The molecule has 0 aromatic carbocycles. The van der Waals surface area contributed by atoms with Gasteiger partial charge in [-0.05, 0) is 19.4 Å². The quantitative estimate of drug-likeness (QED) is 0.466. The van der Waals surface area contributed by atoms with E-state index in [1.54, 1.807) is 0 Å². The highest BCUT2D eigenvalue weighted by Crippen LogP contribution is 2.16. The largest absolute Gasteiger partial charge is 0.326 e. The van der Waals surface area contributed by atoms with Gasteiger partial charge in [-0.25, -0.2) is 4.79 Å². The highest BCUT2D eigenvalue weighted by atomic mass is 16.2. The fourth-order valence-electron chi connectivity index (χ4n) is 1.93. The van der Waals surface area contributed by atoms with Crippen LogP contribution in [0.5, 0.6) is 0 Å². The number of nitrogens with one attached hydrogen (secondary N) is 3. The van der Waals surface area contributed by atoms with E-state index in [0.29, 0.717) is 0 Å². The minimum absolute atomic E-state index is 0.182. The van der Waals surface area contributed by atoms with Crippen LogP contribution in [0.15, 0.2) is 0 Å². The first kappa shape index (κ1) is 8.50. The molecule has 0 aliphatic carbocycles. The van der Waals surface area contributed by atoms with Crippen molar-refractivity contribution < 1.29 is 9.59 Å². The summed E-state index contributed by atoms with van der Waals surface area (Å²) in [6.45, 7) is 1.83. The number of piperidine rings is 1. The predicted octanol–water partition coefficient (Wildman–Crippen LogP) is -0.806. The lowest BCUT2D eigenvalue weighted by Gasteiger charge is -2.25. The third-order valence-corrected chi connectivity index (χ3v) is 2.61. The van der Waals surface area contributed by atoms with Crippen molar-refractivity contribution in [1.29, 1.82) is 0 Å². The Morgan fingerprint density at radius 2 is 2.15 bits per heavy atom. The summed E-state index contributed by atoms with van der Waals surface area (Å²) >= 11 is 0. The van der Waals surface area contributed by atoms with Gasteiger partial charge < -0.3 is 10.6 Å². The monoisotopic (exact) mass is 183 g/mol. The Hall–Kier alpha value is -1.10. The number of rotatable bonds is 1. The Bertz CT molecular complexity index is 236. The van der Waals surface area contributed by atoms with Crippen molar-refractivity contribution >= 4 is 11.9 Å². The van der Waals surface area contributed by atoms with Crippen molar-refractivity contribution in [3.63, 3.8) is 0 Å². The van der Waals surface area contributed by atoms with Crippen LogP contribution in [0.25, 0.3) is 0 Å². The average molecular weight is 183 g/mol. The molecule has 3 N–H and O–H groups in total. The number of carbonyl (C=O) groups is 2. The molecule has 2 aliphatic heterocycles. The summed E-state index contributed by atoms with van der Waals surface area (Å²) in [4.78, 5) is 22.1. The second-order valence-electron chi connectivity index (χ2n) is 3.55. The summed E-state index contributed by atoms with van der Waals surface area (Å²) < 4.78 is 0. The van der Waals surface area contributed by atoms with E-state index in [4.69, 9.17) is 0 Å². The van der Waals surface area contributed by atoms with Crippen LogP contribution in [0.4, 0.5) is 4.79 Å². The highest BCUT2D eigenvalue weighted by molar-refractivity contribution is 6.04. The lowest BCUT2D eigenvalue weighted by atomic mass is 9.92. The Kier molecular flexibility index (Phi) is 2.18. The van der Waals surface area contributed by atoms with Gasteiger partial charge in [0.25, 0.3) is 5.91 Å². The van der Waals surface area contributed by atoms with Gasteiger partial charge >= 0.3 is 6.03 Å². The van der Waals surface area contributed by atoms with Crippen molar-refractivity contribution in [2.75, 3.05) is 13.1 Å². The first-order valence-corrected chi connectivity index (χ1v) is 4.59. The van der Waals surface area contributed by atoms with E-state index in [2.05, 4.69) is 16.0 Å². The van der Waals surface area contributed by atoms with Gasteiger partial charge in [-0.3, -0.25) is 10.1 Å². The molecular weight excluding hydrogens is 170 g/mol. The third-order valence-electron chi connectivity index (χ3n) is 2.61. The minimum Gasteiger partial charge on any atom is -0.326 e. The molecular formula is C8H13N3O2. The fourth-order valence-corrected chi connectivity index (χ4v) is 1.93. The van der Waals surface area contributed by atoms with E-state index < -0.39 is 0 Å². The first-order chi connectivity index (χ1) is 6.27. The maximum Gasteiger partial charge on any atom is 0.322 e. The topological polar surface area (TPSA) is 70.2 Å². The molecule has 3 amide bonds. The molecule has 0 radical (unpaired) electrons. The van der Waals surface area contributed by atoms with Gasteiger partial charge in [0, 0.05) is 12.5 Å². The second-order valence-corrected chi connectivity index (χ2v) is 3.55. The first-order valence-electron chi connectivity index (χ1n) is 4.59. The normalized spacial score (nSPS) is 34.2. The molecule has 0 spiro atoms. The molecule has 2 atom stereocenters. The van der Waals surface area contributed by atoms with Crippen LogP contribution in [0, 0.1) is 5.92 Å². The predicted molar refractivity (Wildman–Crippen MR) is 46.1 cm³/mol. The number of amides is 3. The molecule has 2 fully saturated rings. The standard InChI is InChI=1S/C8H13N3O2/c12-7-6(10-8(13)11-7)5-2-1-3-9-4-5/h5-6,9H,1-4H2,(H2,10,11,12,13)/t5-,6-/m0/s1. The number of carbonyl (C=O) groups excluding carboxylic acids is 2. The van der Waals surface area contributed by atoms with E-state index >= 15 is 0 Å². The molecule has 2 rings (SSSR count). The van der Waals surface area contributed by atoms with Crippen molar-refractivity contribution in [3.05, 3.63) is 0 Å². The van der Waals surface area contributed by atoms with Gasteiger partial charge in [0.05, 0.1) is 0 Å². The molecule has 13 heavy (non-hydrogen) atoms. The van der Waals surface area contributed by atoms with Gasteiger partial charge in [-0.15, -0.1) is 0 Å².